The first kappa shape index (κ1) is 10.1. The van der Waals surface area contributed by atoms with Crippen LogP contribution in [0.25, 0.3) is 0 Å². The summed E-state index contributed by atoms with van der Waals surface area (Å²) < 4.78 is 26.1. The fraction of sp³-hybridized carbons (Fsp3) is 0. The molecule has 0 atom stereocenters. The minimum absolute atomic E-state index is 0.806. The normalized spacial score (nSPS) is 3.50. The van der Waals surface area contributed by atoms with E-state index in [2.05, 4.69) is 15.7 Å². The first-order valence-electron chi connectivity index (χ1n) is 0.774. The molecule has 0 aliphatic heterocycles. The van der Waals surface area contributed by atoms with Gasteiger partial charge in [0.2, 0.25) is 0 Å². The molecule has 0 bridgehead atoms. The zero-order chi connectivity index (χ0) is 5.41. The Morgan fingerprint density at radius 1 is 1.50 bits per heavy atom. The van der Waals surface area contributed by atoms with Crippen molar-refractivity contribution < 1.29 is 40.4 Å². The first-order valence-corrected chi connectivity index (χ1v) is 4.87. The third-order valence-corrected chi connectivity index (χ3v) is 0.486. The molecule has 0 rings (SSSR count). The summed E-state index contributed by atoms with van der Waals surface area (Å²) in [4.78, 5) is 0. The van der Waals surface area contributed by atoms with Gasteiger partial charge in [-0.2, -0.15) is 0 Å². The Morgan fingerprint density at radius 2 is 1.67 bits per heavy atom. The van der Waals surface area contributed by atoms with Crippen molar-refractivity contribution in [2.45, 2.75) is 0 Å². The second-order valence-corrected chi connectivity index (χ2v) is 2.38. The van der Waals surface area contributed by atoms with Gasteiger partial charge in [-0.3, -0.25) is 0 Å². The van der Waals surface area contributed by atoms with Gasteiger partial charge in [-0.1, -0.05) is 0 Å². The summed E-state index contributed by atoms with van der Waals surface area (Å²) >= 11 is 0.546. The predicted octanol–water partition coefficient (Wildman–Crippen LogP) is -0.742. The topological polar surface area (TPSA) is 51.2 Å². The molecule has 0 saturated heterocycles. The number of rotatable bonds is 1. The third kappa shape index (κ3) is 20.2. The van der Waals surface area contributed by atoms with Gasteiger partial charge in [-0.05, 0) is 0 Å². The minimum atomic E-state index is -0.961. The van der Waals surface area contributed by atoms with Crippen molar-refractivity contribution in [2.75, 3.05) is 0 Å². The van der Waals surface area contributed by atoms with Crippen LogP contribution in [0.5, 0.6) is 0 Å². The van der Waals surface area contributed by atoms with Crippen molar-refractivity contribution in [3.63, 3.8) is 0 Å². The standard InChI is InChI=1S/Al.Co.Cr.3O. The summed E-state index contributed by atoms with van der Waals surface area (Å²) in [5, 5.41) is 0. The SMILES string of the molecule is [O]=[Al][Cr]=[O].[O]=[Co]. The maximum absolute atomic E-state index is 9.10. The molecule has 0 fully saturated rings. The van der Waals surface area contributed by atoms with E-state index in [-0.39, 0.29) is 0 Å². The van der Waals surface area contributed by atoms with Crippen LogP contribution in [-0.4, -0.2) is 13.3 Å². The zero-order valence-electron chi connectivity index (χ0n) is 2.54. The van der Waals surface area contributed by atoms with Gasteiger partial charge in [-0.15, -0.1) is 0 Å². The molecule has 0 unspecified atom stereocenters. The van der Waals surface area contributed by atoms with Gasteiger partial charge in [-0.25, -0.2) is 0 Å². The number of hydrogen-bond donors (Lipinski definition) is 0. The van der Waals surface area contributed by atoms with E-state index < -0.39 is 26.5 Å². The molecule has 0 aromatic carbocycles. The molecular formula is AlCoCrO3. The molecule has 0 spiro atoms. The van der Waals surface area contributed by atoms with Gasteiger partial charge in [0.05, 0.1) is 0 Å². The van der Waals surface area contributed by atoms with Crippen LogP contribution in [-0.2, 0) is 40.4 Å². The summed E-state index contributed by atoms with van der Waals surface area (Å²) in [6.07, 6.45) is 0. The molecule has 0 radical (unpaired) electrons. The van der Waals surface area contributed by atoms with E-state index in [4.69, 9.17) is 11.5 Å². The fourth-order valence-electron chi connectivity index (χ4n) is 0. The summed E-state index contributed by atoms with van der Waals surface area (Å²) in [5.41, 5.74) is 0. The Morgan fingerprint density at radius 3 is 1.67 bits per heavy atom. The van der Waals surface area contributed by atoms with Crippen LogP contribution in [0.1, 0.15) is 0 Å². The van der Waals surface area contributed by atoms with Crippen LogP contribution in [0.2, 0.25) is 0 Å². The summed E-state index contributed by atoms with van der Waals surface area (Å²) in [6.45, 7) is 0. The molecule has 0 amide bonds. The van der Waals surface area contributed by atoms with Gasteiger partial charge in [0.25, 0.3) is 0 Å². The predicted molar refractivity (Wildman–Crippen MR) is 7.81 cm³/mol. The van der Waals surface area contributed by atoms with E-state index in [0.29, 0.717) is 0 Å². The third-order valence-electron chi connectivity index (χ3n) is 0.0393. The molecule has 6 heavy (non-hydrogen) atoms. The van der Waals surface area contributed by atoms with Crippen molar-refractivity contribution in [2.24, 2.45) is 0 Å². The van der Waals surface area contributed by atoms with E-state index in [1.807, 2.05) is 0 Å². The first-order chi connectivity index (χ1) is 2.91. The van der Waals surface area contributed by atoms with Gasteiger partial charge in [0.1, 0.15) is 0 Å². The van der Waals surface area contributed by atoms with Crippen LogP contribution in [0.4, 0.5) is 0 Å². The van der Waals surface area contributed by atoms with Gasteiger partial charge < -0.3 is 0 Å². The van der Waals surface area contributed by atoms with E-state index in [1.54, 1.807) is 0 Å². The quantitative estimate of drug-likeness (QED) is 0.506. The van der Waals surface area contributed by atoms with Crippen LogP contribution in [0.15, 0.2) is 0 Å². The van der Waals surface area contributed by atoms with Gasteiger partial charge >= 0.3 is 53.6 Å². The molecule has 0 heterocycles. The van der Waals surface area contributed by atoms with Crippen LogP contribution in [0.3, 0.4) is 0 Å². The number of hydrogen-bond acceptors (Lipinski definition) is 3. The van der Waals surface area contributed by atoms with E-state index in [1.165, 1.54) is 0 Å². The van der Waals surface area contributed by atoms with E-state index in [9.17, 15) is 0 Å². The van der Waals surface area contributed by atoms with Crippen LogP contribution >= 0.6 is 0 Å². The average molecular weight is 186 g/mol. The Balaban J connectivity index is 0. The molecule has 3 nitrogen and oxygen atoms in total. The monoisotopic (exact) mass is 186 g/mol. The van der Waals surface area contributed by atoms with Crippen molar-refractivity contribution in [3.05, 3.63) is 0 Å². The van der Waals surface area contributed by atoms with Crippen molar-refractivity contribution in [1.82, 2.24) is 0 Å². The Labute approximate surface area is 53.6 Å². The van der Waals surface area contributed by atoms with Crippen LogP contribution < -0.4 is 0 Å². The molecule has 6 heteroatoms. The molecule has 0 aliphatic rings. The van der Waals surface area contributed by atoms with E-state index >= 15 is 0 Å². The summed E-state index contributed by atoms with van der Waals surface area (Å²) in [7, 11) is 0. The molecule has 0 saturated carbocycles. The maximum atomic E-state index is 9.10. The average Bonchev–Trinajstić information content (AvgIpc) is 1.72. The van der Waals surface area contributed by atoms with Crippen molar-refractivity contribution in [1.29, 1.82) is 0 Å². The molecule has 0 aromatic rings. The van der Waals surface area contributed by atoms with Gasteiger partial charge in [0.15, 0.2) is 0 Å². The Kier molecular flexibility index (Phi) is 28.0. The summed E-state index contributed by atoms with van der Waals surface area (Å²) in [5.74, 6) is 0. The molecular weight excluding hydrogens is 186 g/mol. The Hall–Kier alpha value is 0.971. The molecule has 36 valence electrons. The second kappa shape index (κ2) is 16.7. The molecule has 0 aromatic heterocycles. The van der Waals surface area contributed by atoms with Crippen LogP contribution in [0, 0.1) is 0 Å². The summed E-state index contributed by atoms with van der Waals surface area (Å²) in [6, 6.07) is 0. The Bertz CT molecular complexity index is 40.1. The molecule has 0 N–H and O–H groups in total. The zero-order valence-corrected chi connectivity index (χ0v) is 6.01. The fourth-order valence-corrected chi connectivity index (χ4v) is 0. The molecule has 0 aliphatic carbocycles. The second-order valence-electron chi connectivity index (χ2n) is 0.192. The van der Waals surface area contributed by atoms with Gasteiger partial charge in [0, 0.05) is 0 Å². The van der Waals surface area contributed by atoms with Crippen molar-refractivity contribution >= 4 is 13.3 Å². The van der Waals surface area contributed by atoms with Crippen molar-refractivity contribution in [3.8, 4) is 0 Å². The van der Waals surface area contributed by atoms with E-state index in [0.717, 1.165) is 0 Å².